The van der Waals surface area contributed by atoms with Crippen molar-refractivity contribution in [1.82, 2.24) is 9.88 Å². The minimum atomic E-state index is -0.954. The molecule has 0 spiro atoms. The van der Waals surface area contributed by atoms with Crippen molar-refractivity contribution in [1.29, 1.82) is 0 Å². The Balaban J connectivity index is 2.40. The number of benzene rings is 1. The average Bonchev–Trinajstić information content (AvgIpc) is 2.67. The molecule has 0 aliphatic heterocycles. The molecule has 1 N–H and O–H groups in total. The van der Waals surface area contributed by atoms with Crippen molar-refractivity contribution in [2.24, 2.45) is 0 Å². The standard InChI is InChI=1S/C14H16N2O3/c1-9-15-11-8-10(4-6-13(11)19-9)12(16(2)3)5-7-14(17)18/h4-8,12H,1-3H3,(H,17,18)/b7-5+. The maximum Gasteiger partial charge on any atom is 0.328 e. The Morgan fingerprint density at radius 2 is 2.21 bits per heavy atom. The zero-order chi connectivity index (χ0) is 14.0. The molecular weight excluding hydrogens is 244 g/mol. The van der Waals surface area contributed by atoms with Crippen LogP contribution in [0.2, 0.25) is 0 Å². The number of likely N-dealkylation sites (N-methyl/N-ethyl adjacent to an activating group) is 1. The first-order valence-electron chi connectivity index (χ1n) is 5.92. The van der Waals surface area contributed by atoms with E-state index in [1.165, 1.54) is 0 Å². The van der Waals surface area contributed by atoms with Crippen molar-refractivity contribution in [2.75, 3.05) is 14.1 Å². The number of hydrogen-bond acceptors (Lipinski definition) is 4. The number of aryl methyl sites for hydroxylation is 1. The first-order valence-corrected chi connectivity index (χ1v) is 5.92. The number of carboxylic acids is 1. The maximum absolute atomic E-state index is 10.6. The fraction of sp³-hybridized carbons (Fsp3) is 0.286. The molecule has 1 aromatic heterocycles. The van der Waals surface area contributed by atoms with Gasteiger partial charge in [0.05, 0.1) is 6.04 Å². The van der Waals surface area contributed by atoms with Crippen molar-refractivity contribution < 1.29 is 14.3 Å². The van der Waals surface area contributed by atoms with E-state index in [1.807, 2.05) is 37.2 Å². The topological polar surface area (TPSA) is 66.6 Å². The SMILES string of the molecule is Cc1nc2cc(C(/C=C/C(=O)O)N(C)C)ccc2o1. The summed E-state index contributed by atoms with van der Waals surface area (Å²) in [6.45, 7) is 1.80. The molecule has 19 heavy (non-hydrogen) atoms. The van der Waals surface area contributed by atoms with Crippen LogP contribution in [-0.2, 0) is 4.79 Å². The van der Waals surface area contributed by atoms with Gasteiger partial charge in [-0.05, 0) is 31.8 Å². The number of rotatable bonds is 4. The van der Waals surface area contributed by atoms with Gasteiger partial charge in [0.1, 0.15) is 5.52 Å². The van der Waals surface area contributed by atoms with Crippen LogP contribution in [0, 0.1) is 6.92 Å². The molecule has 0 aliphatic carbocycles. The number of fused-ring (bicyclic) bond motifs is 1. The van der Waals surface area contributed by atoms with Crippen LogP contribution in [-0.4, -0.2) is 35.1 Å². The number of aromatic nitrogens is 1. The first kappa shape index (κ1) is 13.3. The van der Waals surface area contributed by atoms with E-state index in [4.69, 9.17) is 9.52 Å². The second-order valence-corrected chi connectivity index (χ2v) is 4.57. The smallest absolute Gasteiger partial charge is 0.328 e. The lowest BCUT2D eigenvalue weighted by Gasteiger charge is -2.21. The van der Waals surface area contributed by atoms with E-state index in [9.17, 15) is 4.79 Å². The van der Waals surface area contributed by atoms with E-state index in [2.05, 4.69) is 4.98 Å². The molecule has 0 radical (unpaired) electrons. The second-order valence-electron chi connectivity index (χ2n) is 4.57. The molecule has 0 fully saturated rings. The van der Waals surface area contributed by atoms with Crippen LogP contribution in [0.1, 0.15) is 17.5 Å². The van der Waals surface area contributed by atoms with Gasteiger partial charge in [0, 0.05) is 13.0 Å². The van der Waals surface area contributed by atoms with Crippen LogP contribution in [0.4, 0.5) is 0 Å². The molecule has 2 rings (SSSR count). The first-order chi connectivity index (χ1) is 8.97. The number of carbonyl (C=O) groups is 1. The van der Waals surface area contributed by atoms with Gasteiger partial charge in [-0.15, -0.1) is 0 Å². The van der Waals surface area contributed by atoms with Crippen LogP contribution >= 0.6 is 0 Å². The van der Waals surface area contributed by atoms with Gasteiger partial charge in [-0.2, -0.15) is 0 Å². The predicted molar refractivity (Wildman–Crippen MR) is 71.9 cm³/mol. The number of aliphatic carboxylic acids is 1. The summed E-state index contributed by atoms with van der Waals surface area (Å²) in [5, 5.41) is 8.73. The average molecular weight is 260 g/mol. The summed E-state index contributed by atoms with van der Waals surface area (Å²) < 4.78 is 5.42. The summed E-state index contributed by atoms with van der Waals surface area (Å²) in [4.78, 5) is 16.9. The van der Waals surface area contributed by atoms with E-state index in [1.54, 1.807) is 13.0 Å². The monoisotopic (exact) mass is 260 g/mol. The van der Waals surface area contributed by atoms with Gasteiger partial charge in [-0.3, -0.25) is 4.90 Å². The van der Waals surface area contributed by atoms with Crippen molar-refractivity contribution in [2.45, 2.75) is 13.0 Å². The molecular formula is C14H16N2O3. The van der Waals surface area contributed by atoms with Crippen molar-refractivity contribution in [3.05, 3.63) is 41.8 Å². The van der Waals surface area contributed by atoms with Crippen LogP contribution in [0.15, 0.2) is 34.8 Å². The summed E-state index contributed by atoms with van der Waals surface area (Å²) in [7, 11) is 3.80. The molecule has 1 unspecified atom stereocenters. The van der Waals surface area contributed by atoms with Crippen molar-refractivity contribution in [3.8, 4) is 0 Å². The fourth-order valence-electron chi connectivity index (χ4n) is 2.00. The van der Waals surface area contributed by atoms with Crippen LogP contribution in [0.3, 0.4) is 0 Å². The number of carboxylic acid groups (broad SMARTS) is 1. The lowest BCUT2D eigenvalue weighted by Crippen LogP contribution is -2.18. The molecule has 1 atom stereocenters. The molecule has 5 heteroatoms. The zero-order valence-corrected chi connectivity index (χ0v) is 11.1. The highest BCUT2D eigenvalue weighted by Crippen LogP contribution is 2.24. The van der Waals surface area contributed by atoms with E-state index >= 15 is 0 Å². The van der Waals surface area contributed by atoms with Gasteiger partial charge >= 0.3 is 5.97 Å². The minimum Gasteiger partial charge on any atom is -0.478 e. The van der Waals surface area contributed by atoms with Gasteiger partial charge in [0.2, 0.25) is 0 Å². The highest BCUT2D eigenvalue weighted by Gasteiger charge is 2.13. The summed E-state index contributed by atoms with van der Waals surface area (Å²) >= 11 is 0. The van der Waals surface area contributed by atoms with Crippen molar-refractivity contribution in [3.63, 3.8) is 0 Å². The summed E-state index contributed by atoms with van der Waals surface area (Å²) in [6.07, 6.45) is 2.80. The van der Waals surface area contributed by atoms with Crippen LogP contribution in [0.5, 0.6) is 0 Å². The Bertz CT molecular complexity index is 629. The zero-order valence-electron chi connectivity index (χ0n) is 11.1. The number of nitrogens with zero attached hydrogens (tertiary/aromatic N) is 2. The summed E-state index contributed by atoms with van der Waals surface area (Å²) in [6, 6.07) is 5.58. The molecule has 1 aromatic carbocycles. The molecule has 0 saturated carbocycles. The van der Waals surface area contributed by atoms with Crippen molar-refractivity contribution >= 4 is 17.1 Å². The van der Waals surface area contributed by atoms with E-state index in [0.717, 1.165) is 22.7 Å². The molecule has 5 nitrogen and oxygen atoms in total. The predicted octanol–water partition coefficient (Wildman–Crippen LogP) is 2.38. The molecule has 0 saturated heterocycles. The normalized spacial score (nSPS) is 13.5. The molecule has 2 aromatic rings. The summed E-state index contributed by atoms with van der Waals surface area (Å²) in [5.74, 6) is -0.333. The maximum atomic E-state index is 10.6. The van der Waals surface area contributed by atoms with Crippen LogP contribution in [0.25, 0.3) is 11.1 Å². The van der Waals surface area contributed by atoms with Gasteiger partial charge in [0.15, 0.2) is 11.5 Å². The largest absolute Gasteiger partial charge is 0.478 e. The van der Waals surface area contributed by atoms with Gasteiger partial charge in [0.25, 0.3) is 0 Å². The molecule has 0 amide bonds. The van der Waals surface area contributed by atoms with E-state index < -0.39 is 5.97 Å². The van der Waals surface area contributed by atoms with E-state index in [-0.39, 0.29) is 6.04 Å². The lowest BCUT2D eigenvalue weighted by atomic mass is 10.0. The Kier molecular flexibility index (Phi) is 3.66. The Hall–Kier alpha value is -2.14. The quantitative estimate of drug-likeness (QED) is 0.855. The van der Waals surface area contributed by atoms with Gasteiger partial charge < -0.3 is 9.52 Å². The molecule has 1 heterocycles. The van der Waals surface area contributed by atoms with Crippen LogP contribution < -0.4 is 0 Å². The third-order valence-corrected chi connectivity index (χ3v) is 2.84. The Morgan fingerprint density at radius 3 is 2.84 bits per heavy atom. The minimum absolute atomic E-state index is 0.113. The van der Waals surface area contributed by atoms with E-state index in [0.29, 0.717) is 5.89 Å². The number of oxazole rings is 1. The fourth-order valence-corrected chi connectivity index (χ4v) is 2.00. The third-order valence-electron chi connectivity index (χ3n) is 2.84. The van der Waals surface area contributed by atoms with Gasteiger partial charge in [-0.25, -0.2) is 9.78 Å². The lowest BCUT2D eigenvalue weighted by molar-refractivity contribution is -0.131. The Labute approximate surface area is 111 Å². The number of hydrogen-bond donors (Lipinski definition) is 1. The summed E-state index contributed by atoms with van der Waals surface area (Å²) in [5.41, 5.74) is 2.50. The third kappa shape index (κ3) is 3.00. The highest BCUT2D eigenvalue weighted by molar-refractivity contribution is 5.80. The Morgan fingerprint density at radius 1 is 1.47 bits per heavy atom. The molecule has 0 aliphatic rings. The van der Waals surface area contributed by atoms with Gasteiger partial charge in [-0.1, -0.05) is 12.1 Å². The highest BCUT2D eigenvalue weighted by atomic mass is 16.4. The molecule has 0 bridgehead atoms. The molecule has 100 valence electrons. The second kappa shape index (κ2) is 5.24.